The lowest BCUT2D eigenvalue weighted by Gasteiger charge is -2.22. The minimum absolute atomic E-state index is 0.0286. The van der Waals surface area contributed by atoms with Gasteiger partial charge in [0.2, 0.25) is 0 Å². The molecule has 0 spiro atoms. The summed E-state index contributed by atoms with van der Waals surface area (Å²) in [6.45, 7) is 9.82. The molecule has 0 aliphatic carbocycles. The number of hydrogen-bond acceptors (Lipinski definition) is 3. The van der Waals surface area contributed by atoms with Crippen molar-refractivity contribution in [3.05, 3.63) is 32.8 Å². The van der Waals surface area contributed by atoms with E-state index in [1.807, 2.05) is 27.7 Å². The van der Waals surface area contributed by atoms with Gasteiger partial charge in [0.1, 0.15) is 0 Å². The molecule has 0 saturated carbocycles. The molecule has 0 saturated heterocycles. The monoisotopic (exact) mass is 356 g/mol. The molecule has 116 valence electrons. The molecule has 4 nitrogen and oxygen atoms in total. The van der Waals surface area contributed by atoms with Crippen LogP contribution in [-0.4, -0.2) is 23.7 Å². The van der Waals surface area contributed by atoms with Gasteiger partial charge in [-0.15, -0.1) is 0 Å². The zero-order chi connectivity index (χ0) is 16.4. The SMILES string of the molecule is CCOC(=O)c1cc(C)c(Br)c(CC(C)(C)C)c1C(=O)O. The summed E-state index contributed by atoms with van der Waals surface area (Å²) in [7, 11) is 0. The Morgan fingerprint density at radius 3 is 2.33 bits per heavy atom. The van der Waals surface area contributed by atoms with Gasteiger partial charge in [-0.3, -0.25) is 0 Å². The molecule has 0 atom stereocenters. The molecule has 0 amide bonds. The van der Waals surface area contributed by atoms with Crippen LogP contribution < -0.4 is 0 Å². The molecular formula is C16H21BrO4. The van der Waals surface area contributed by atoms with Crippen molar-refractivity contribution in [1.82, 2.24) is 0 Å². The fraction of sp³-hybridized carbons (Fsp3) is 0.500. The van der Waals surface area contributed by atoms with Gasteiger partial charge in [0, 0.05) is 4.47 Å². The van der Waals surface area contributed by atoms with Gasteiger partial charge in [0.05, 0.1) is 17.7 Å². The predicted molar refractivity (Wildman–Crippen MR) is 85.0 cm³/mol. The molecule has 0 bridgehead atoms. The molecule has 0 unspecified atom stereocenters. The van der Waals surface area contributed by atoms with Crippen LogP contribution in [0.1, 0.15) is 59.5 Å². The summed E-state index contributed by atoms with van der Waals surface area (Å²) in [4.78, 5) is 23.7. The summed E-state index contributed by atoms with van der Waals surface area (Å²) in [5.41, 5.74) is 1.50. The number of aryl methyl sites for hydroxylation is 1. The zero-order valence-electron chi connectivity index (χ0n) is 13.0. The van der Waals surface area contributed by atoms with Crippen LogP contribution in [0.25, 0.3) is 0 Å². The molecule has 1 aromatic carbocycles. The molecule has 1 rings (SSSR count). The average Bonchev–Trinajstić information content (AvgIpc) is 2.32. The molecule has 0 radical (unpaired) electrons. The molecule has 0 fully saturated rings. The van der Waals surface area contributed by atoms with Crippen LogP contribution in [0.15, 0.2) is 10.5 Å². The Balaban J connectivity index is 3.60. The number of benzene rings is 1. The summed E-state index contributed by atoms with van der Waals surface area (Å²) in [5.74, 6) is -1.71. The summed E-state index contributed by atoms with van der Waals surface area (Å²) >= 11 is 3.46. The van der Waals surface area contributed by atoms with Crippen molar-refractivity contribution < 1.29 is 19.4 Å². The maximum absolute atomic E-state index is 12.1. The highest BCUT2D eigenvalue weighted by Crippen LogP contribution is 2.33. The number of ether oxygens (including phenoxy) is 1. The fourth-order valence-electron chi connectivity index (χ4n) is 2.17. The van der Waals surface area contributed by atoms with E-state index in [1.54, 1.807) is 13.0 Å². The third-order valence-corrected chi connectivity index (χ3v) is 4.06. The van der Waals surface area contributed by atoms with E-state index in [0.717, 1.165) is 10.0 Å². The smallest absolute Gasteiger partial charge is 0.339 e. The lowest BCUT2D eigenvalue weighted by molar-refractivity contribution is 0.0513. The Bertz CT molecular complexity index is 571. The zero-order valence-corrected chi connectivity index (χ0v) is 14.6. The normalized spacial score (nSPS) is 11.3. The van der Waals surface area contributed by atoms with Gasteiger partial charge in [-0.05, 0) is 42.9 Å². The average molecular weight is 357 g/mol. The molecule has 0 aliphatic rings. The number of carbonyl (C=O) groups is 2. The van der Waals surface area contributed by atoms with Gasteiger partial charge in [-0.1, -0.05) is 36.7 Å². The van der Waals surface area contributed by atoms with Crippen molar-refractivity contribution in [3.8, 4) is 0 Å². The maximum Gasteiger partial charge on any atom is 0.339 e. The number of hydrogen-bond donors (Lipinski definition) is 1. The van der Waals surface area contributed by atoms with E-state index in [-0.39, 0.29) is 23.1 Å². The Kier molecular flexibility index (Phi) is 5.56. The van der Waals surface area contributed by atoms with Crippen molar-refractivity contribution in [1.29, 1.82) is 0 Å². The quantitative estimate of drug-likeness (QED) is 0.820. The Morgan fingerprint density at radius 2 is 1.90 bits per heavy atom. The first-order chi connectivity index (χ1) is 9.58. The van der Waals surface area contributed by atoms with Gasteiger partial charge in [-0.25, -0.2) is 9.59 Å². The van der Waals surface area contributed by atoms with Crippen LogP contribution >= 0.6 is 15.9 Å². The largest absolute Gasteiger partial charge is 0.478 e. The fourth-order valence-corrected chi connectivity index (χ4v) is 2.63. The van der Waals surface area contributed by atoms with Gasteiger partial charge in [-0.2, -0.15) is 0 Å². The minimum Gasteiger partial charge on any atom is -0.478 e. The second-order valence-electron chi connectivity index (χ2n) is 6.17. The molecule has 1 aromatic rings. The van der Waals surface area contributed by atoms with Crippen molar-refractivity contribution in [2.45, 2.75) is 41.0 Å². The van der Waals surface area contributed by atoms with Gasteiger partial charge in [0.25, 0.3) is 0 Å². The maximum atomic E-state index is 12.1. The van der Waals surface area contributed by atoms with E-state index < -0.39 is 11.9 Å². The molecule has 0 aromatic heterocycles. The van der Waals surface area contributed by atoms with Crippen molar-refractivity contribution in [2.24, 2.45) is 5.41 Å². The van der Waals surface area contributed by atoms with E-state index in [0.29, 0.717) is 12.0 Å². The number of carboxylic acid groups (broad SMARTS) is 1. The van der Waals surface area contributed by atoms with Crippen LogP contribution in [-0.2, 0) is 11.2 Å². The summed E-state index contributed by atoms with van der Waals surface area (Å²) in [5, 5.41) is 9.55. The van der Waals surface area contributed by atoms with Crippen molar-refractivity contribution in [3.63, 3.8) is 0 Å². The van der Waals surface area contributed by atoms with E-state index >= 15 is 0 Å². The minimum atomic E-state index is -1.11. The second-order valence-corrected chi connectivity index (χ2v) is 6.96. The van der Waals surface area contributed by atoms with Crippen LogP contribution in [0, 0.1) is 12.3 Å². The van der Waals surface area contributed by atoms with Gasteiger partial charge in [0.15, 0.2) is 0 Å². The lowest BCUT2D eigenvalue weighted by Crippen LogP contribution is -2.19. The number of halogens is 1. The molecule has 0 aliphatic heterocycles. The lowest BCUT2D eigenvalue weighted by atomic mass is 9.84. The highest BCUT2D eigenvalue weighted by Gasteiger charge is 2.27. The van der Waals surface area contributed by atoms with E-state index in [4.69, 9.17) is 4.74 Å². The molecule has 5 heteroatoms. The highest BCUT2D eigenvalue weighted by molar-refractivity contribution is 9.10. The number of rotatable bonds is 4. The van der Waals surface area contributed by atoms with Crippen LogP contribution in [0.5, 0.6) is 0 Å². The standard InChI is InChI=1S/C16H21BrO4/c1-6-21-15(20)10-7-9(2)13(17)11(8-16(3,4)5)12(10)14(18)19/h7H,6,8H2,1-5H3,(H,18,19). The number of carboxylic acids is 1. The Labute approximate surface area is 133 Å². The number of aromatic carboxylic acids is 1. The van der Waals surface area contributed by atoms with Gasteiger partial charge < -0.3 is 9.84 Å². The molecule has 21 heavy (non-hydrogen) atoms. The van der Waals surface area contributed by atoms with E-state index in [2.05, 4.69) is 15.9 Å². The predicted octanol–water partition coefficient (Wildman–Crippen LogP) is 4.22. The first kappa shape index (κ1) is 17.7. The molecule has 0 heterocycles. The second kappa shape index (κ2) is 6.60. The van der Waals surface area contributed by atoms with Crippen LogP contribution in [0.3, 0.4) is 0 Å². The summed E-state index contributed by atoms with van der Waals surface area (Å²) in [6.07, 6.45) is 0.545. The number of carbonyl (C=O) groups excluding carboxylic acids is 1. The molecule has 1 N–H and O–H groups in total. The van der Waals surface area contributed by atoms with Crippen LogP contribution in [0.4, 0.5) is 0 Å². The Hall–Kier alpha value is -1.36. The first-order valence-corrected chi connectivity index (χ1v) is 7.60. The van der Waals surface area contributed by atoms with Crippen molar-refractivity contribution >= 4 is 27.9 Å². The first-order valence-electron chi connectivity index (χ1n) is 6.81. The highest BCUT2D eigenvalue weighted by atomic mass is 79.9. The van der Waals surface area contributed by atoms with Crippen molar-refractivity contribution in [2.75, 3.05) is 6.61 Å². The Morgan fingerprint density at radius 1 is 1.33 bits per heavy atom. The van der Waals surface area contributed by atoms with Crippen LogP contribution in [0.2, 0.25) is 0 Å². The third kappa shape index (κ3) is 4.30. The topological polar surface area (TPSA) is 63.6 Å². The number of esters is 1. The molecular weight excluding hydrogens is 336 g/mol. The summed E-state index contributed by atoms with van der Waals surface area (Å²) in [6, 6.07) is 1.57. The van der Waals surface area contributed by atoms with Gasteiger partial charge >= 0.3 is 11.9 Å². The summed E-state index contributed by atoms with van der Waals surface area (Å²) < 4.78 is 5.72. The third-order valence-electron chi connectivity index (χ3n) is 2.96. The van der Waals surface area contributed by atoms with E-state index in [1.165, 1.54) is 0 Å². The van der Waals surface area contributed by atoms with E-state index in [9.17, 15) is 14.7 Å².